The number of hydrogen-bond donors (Lipinski definition) is 1. The second-order valence-corrected chi connectivity index (χ2v) is 6.54. The zero-order valence-electron chi connectivity index (χ0n) is 12.5. The Balaban J connectivity index is 1.90. The lowest BCUT2D eigenvalue weighted by molar-refractivity contribution is 0.261. The van der Waals surface area contributed by atoms with Crippen molar-refractivity contribution in [3.05, 3.63) is 21.6 Å². The Bertz CT molecular complexity index is 551. The Hall–Kier alpha value is -1.07. The maximum Gasteiger partial charge on any atom is 0.291 e. The van der Waals surface area contributed by atoms with Gasteiger partial charge in [-0.15, -0.1) is 0 Å². The SMILES string of the molecule is CCCN(c1c(Cl)cnn(CC2CCC2)c1=O)C1CNC1. The highest BCUT2D eigenvalue weighted by Gasteiger charge is 2.29. The average molecular weight is 311 g/mol. The van der Waals surface area contributed by atoms with Crippen LogP contribution in [0.25, 0.3) is 0 Å². The Labute approximate surface area is 130 Å². The number of nitrogens with zero attached hydrogens (tertiary/aromatic N) is 3. The molecule has 1 N–H and O–H groups in total. The summed E-state index contributed by atoms with van der Waals surface area (Å²) in [6, 6.07) is 0.370. The predicted octanol–water partition coefficient (Wildman–Crippen LogP) is 1.88. The fourth-order valence-electron chi connectivity index (χ4n) is 2.98. The van der Waals surface area contributed by atoms with Crippen molar-refractivity contribution < 1.29 is 0 Å². The maximum atomic E-state index is 12.8. The van der Waals surface area contributed by atoms with E-state index in [1.807, 2.05) is 0 Å². The van der Waals surface area contributed by atoms with E-state index in [0.717, 1.165) is 32.6 Å². The fourth-order valence-corrected chi connectivity index (χ4v) is 3.21. The van der Waals surface area contributed by atoms with Gasteiger partial charge >= 0.3 is 0 Å². The zero-order valence-corrected chi connectivity index (χ0v) is 13.3. The molecule has 116 valence electrons. The minimum atomic E-state index is -0.0326. The molecular weight excluding hydrogens is 288 g/mol. The molecule has 2 fully saturated rings. The summed E-state index contributed by atoms with van der Waals surface area (Å²) < 4.78 is 1.61. The molecule has 0 amide bonds. The van der Waals surface area contributed by atoms with E-state index >= 15 is 0 Å². The first-order valence-corrected chi connectivity index (χ1v) is 8.31. The zero-order chi connectivity index (χ0) is 14.8. The van der Waals surface area contributed by atoms with E-state index in [0.29, 0.717) is 22.7 Å². The molecule has 0 unspecified atom stereocenters. The van der Waals surface area contributed by atoms with Gasteiger partial charge in [-0.25, -0.2) is 4.68 Å². The number of nitrogens with one attached hydrogen (secondary N) is 1. The van der Waals surface area contributed by atoms with Gasteiger partial charge in [0.15, 0.2) is 0 Å². The van der Waals surface area contributed by atoms with Gasteiger partial charge in [-0.3, -0.25) is 4.79 Å². The Morgan fingerprint density at radius 1 is 1.48 bits per heavy atom. The van der Waals surface area contributed by atoms with Gasteiger partial charge in [-0.1, -0.05) is 24.9 Å². The fraction of sp³-hybridized carbons (Fsp3) is 0.733. The van der Waals surface area contributed by atoms with Crippen molar-refractivity contribution in [1.29, 1.82) is 0 Å². The van der Waals surface area contributed by atoms with E-state index in [1.54, 1.807) is 10.9 Å². The van der Waals surface area contributed by atoms with Gasteiger partial charge in [-0.2, -0.15) is 5.10 Å². The Kier molecular flexibility index (Phi) is 4.50. The molecule has 2 aliphatic rings. The molecule has 3 rings (SSSR count). The van der Waals surface area contributed by atoms with Crippen LogP contribution in [0.1, 0.15) is 32.6 Å². The summed E-state index contributed by atoms with van der Waals surface area (Å²) in [7, 11) is 0. The third-order valence-electron chi connectivity index (χ3n) is 4.58. The van der Waals surface area contributed by atoms with Crippen LogP contribution in [-0.4, -0.2) is 35.5 Å². The summed E-state index contributed by atoms with van der Waals surface area (Å²) in [5, 5.41) is 7.98. The smallest absolute Gasteiger partial charge is 0.291 e. The van der Waals surface area contributed by atoms with Crippen molar-refractivity contribution >= 4 is 17.3 Å². The van der Waals surface area contributed by atoms with Crippen LogP contribution in [0.5, 0.6) is 0 Å². The lowest BCUT2D eigenvalue weighted by Gasteiger charge is -2.39. The molecule has 0 aromatic carbocycles. The van der Waals surface area contributed by atoms with Crippen LogP contribution in [-0.2, 0) is 6.54 Å². The van der Waals surface area contributed by atoms with Crippen LogP contribution in [0.3, 0.4) is 0 Å². The molecule has 21 heavy (non-hydrogen) atoms. The molecule has 1 aromatic heterocycles. The summed E-state index contributed by atoms with van der Waals surface area (Å²) in [5.41, 5.74) is 0.606. The van der Waals surface area contributed by atoms with Gasteiger partial charge < -0.3 is 10.2 Å². The first-order chi connectivity index (χ1) is 10.2. The summed E-state index contributed by atoms with van der Waals surface area (Å²) in [6.45, 7) is 5.54. The molecule has 6 heteroatoms. The summed E-state index contributed by atoms with van der Waals surface area (Å²) in [4.78, 5) is 14.9. The van der Waals surface area contributed by atoms with Crippen molar-refractivity contribution in [1.82, 2.24) is 15.1 Å². The second-order valence-electron chi connectivity index (χ2n) is 6.13. The number of rotatable bonds is 6. The molecule has 0 atom stereocenters. The molecule has 1 aliphatic carbocycles. The van der Waals surface area contributed by atoms with E-state index < -0.39 is 0 Å². The van der Waals surface area contributed by atoms with E-state index in [-0.39, 0.29) is 5.56 Å². The summed E-state index contributed by atoms with van der Waals surface area (Å²) in [6.07, 6.45) is 6.31. The molecule has 1 saturated carbocycles. The van der Waals surface area contributed by atoms with Crippen molar-refractivity contribution in [2.45, 2.75) is 45.2 Å². The molecule has 1 aliphatic heterocycles. The molecule has 0 radical (unpaired) electrons. The first-order valence-electron chi connectivity index (χ1n) is 7.93. The van der Waals surface area contributed by atoms with E-state index in [2.05, 4.69) is 22.2 Å². The van der Waals surface area contributed by atoms with Crippen LogP contribution in [0.2, 0.25) is 5.02 Å². The van der Waals surface area contributed by atoms with Crippen LogP contribution in [0.4, 0.5) is 5.69 Å². The van der Waals surface area contributed by atoms with Gasteiger partial charge in [0, 0.05) is 26.2 Å². The van der Waals surface area contributed by atoms with Gasteiger partial charge in [0.2, 0.25) is 0 Å². The molecule has 2 heterocycles. The van der Waals surface area contributed by atoms with Crippen molar-refractivity contribution in [3.63, 3.8) is 0 Å². The topological polar surface area (TPSA) is 50.2 Å². The summed E-state index contributed by atoms with van der Waals surface area (Å²) in [5.74, 6) is 0.606. The summed E-state index contributed by atoms with van der Waals surface area (Å²) >= 11 is 6.30. The highest BCUT2D eigenvalue weighted by Crippen LogP contribution is 2.28. The lowest BCUT2D eigenvalue weighted by Crippen LogP contribution is -2.59. The van der Waals surface area contributed by atoms with Gasteiger partial charge in [0.1, 0.15) is 5.69 Å². The number of aromatic nitrogens is 2. The highest BCUT2D eigenvalue weighted by atomic mass is 35.5. The van der Waals surface area contributed by atoms with E-state index in [1.165, 1.54) is 19.3 Å². The lowest BCUT2D eigenvalue weighted by atomic mass is 9.85. The molecule has 0 spiro atoms. The average Bonchev–Trinajstić information content (AvgIpc) is 2.34. The van der Waals surface area contributed by atoms with Crippen LogP contribution >= 0.6 is 11.6 Å². The Morgan fingerprint density at radius 3 is 2.76 bits per heavy atom. The van der Waals surface area contributed by atoms with Gasteiger partial charge in [0.05, 0.1) is 17.3 Å². The number of hydrogen-bond acceptors (Lipinski definition) is 4. The second kappa shape index (κ2) is 6.36. The van der Waals surface area contributed by atoms with Crippen molar-refractivity contribution in [2.75, 3.05) is 24.5 Å². The largest absolute Gasteiger partial charge is 0.360 e. The quantitative estimate of drug-likeness (QED) is 0.872. The molecule has 0 bridgehead atoms. The number of anilines is 1. The van der Waals surface area contributed by atoms with Gasteiger partial charge in [0.25, 0.3) is 5.56 Å². The van der Waals surface area contributed by atoms with E-state index in [4.69, 9.17) is 11.6 Å². The predicted molar refractivity (Wildman–Crippen MR) is 85.1 cm³/mol. The Morgan fingerprint density at radius 2 is 2.24 bits per heavy atom. The number of halogens is 1. The molecule has 1 aromatic rings. The van der Waals surface area contributed by atoms with E-state index in [9.17, 15) is 4.79 Å². The minimum absolute atomic E-state index is 0.0326. The maximum absolute atomic E-state index is 12.8. The normalized spacial score (nSPS) is 19.1. The van der Waals surface area contributed by atoms with Gasteiger partial charge in [-0.05, 0) is 25.2 Å². The third kappa shape index (κ3) is 2.94. The first kappa shape index (κ1) is 14.9. The molecular formula is C15H23ClN4O. The highest BCUT2D eigenvalue weighted by molar-refractivity contribution is 6.33. The minimum Gasteiger partial charge on any atom is -0.360 e. The molecule has 5 nitrogen and oxygen atoms in total. The third-order valence-corrected chi connectivity index (χ3v) is 4.86. The van der Waals surface area contributed by atoms with Crippen LogP contribution in [0, 0.1) is 5.92 Å². The van der Waals surface area contributed by atoms with Crippen LogP contribution < -0.4 is 15.8 Å². The van der Waals surface area contributed by atoms with Crippen molar-refractivity contribution in [3.8, 4) is 0 Å². The standard InChI is InChI=1S/C15H23ClN4O/c1-2-6-19(12-7-17-8-12)14-13(16)9-18-20(15(14)21)10-11-4-3-5-11/h9,11-12,17H,2-8,10H2,1H3. The molecule has 1 saturated heterocycles. The van der Waals surface area contributed by atoms with Crippen molar-refractivity contribution in [2.24, 2.45) is 5.92 Å². The van der Waals surface area contributed by atoms with Crippen LogP contribution in [0.15, 0.2) is 11.0 Å². The monoisotopic (exact) mass is 310 g/mol.